The van der Waals surface area contributed by atoms with Crippen LogP contribution in [0.15, 0.2) is 36.7 Å². The van der Waals surface area contributed by atoms with Crippen molar-refractivity contribution >= 4 is 5.91 Å². The lowest BCUT2D eigenvalue weighted by molar-refractivity contribution is -0.119. The fourth-order valence-electron chi connectivity index (χ4n) is 3.81. The Hall–Kier alpha value is -2.27. The molecule has 1 aromatic carbocycles. The van der Waals surface area contributed by atoms with Gasteiger partial charge in [-0.2, -0.15) is 0 Å². The van der Waals surface area contributed by atoms with E-state index in [9.17, 15) is 4.79 Å². The highest BCUT2D eigenvalue weighted by Crippen LogP contribution is 2.23. The van der Waals surface area contributed by atoms with E-state index < -0.39 is 0 Å². The lowest BCUT2D eigenvalue weighted by Crippen LogP contribution is -2.39. The van der Waals surface area contributed by atoms with Gasteiger partial charge in [0.25, 0.3) is 0 Å². The molecule has 138 valence electrons. The SMILES string of the molecule is CCC[C@@H]1CN(Cc2cnc(-c3cccc(C)c3)nc2)C[C@H]1NC(C)=O. The zero-order chi connectivity index (χ0) is 18.5. The van der Waals surface area contributed by atoms with E-state index in [1.165, 1.54) is 5.56 Å². The monoisotopic (exact) mass is 352 g/mol. The molecule has 0 aliphatic carbocycles. The highest BCUT2D eigenvalue weighted by Gasteiger charge is 2.32. The molecular weight excluding hydrogens is 324 g/mol. The van der Waals surface area contributed by atoms with Crippen LogP contribution in [0.3, 0.4) is 0 Å². The van der Waals surface area contributed by atoms with Crippen molar-refractivity contribution in [2.24, 2.45) is 5.92 Å². The average molecular weight is 352 g/mol. The Kier molecular flexibility index (Phi) is 5.99. The summed E-state index contributed by atoms with van der Waals surface area (Å²) in [7, 11) is 0. The van der Waals surface area contributed by atoms with E-state index in [-0.39, 0.29) is 11.9 Å². The maximum absolute atomic E-state index is 11.5. The zero-order valence-corrected chi connectivity index (χ0v) is 15.9. The number of aryl methyl sites for hydroxylation is 1. The van der Waals surface area contributed by atoms with E-state index in [0.29, 0.717) is 5.92 Å². The van der Waals surface area contributed by atoms with Crippen molar-refractivity contribution in [3.63, 3.8) is 0 Å². The lowest BCUT2D eigenvalue weighted by atomic mass is 9.98. The summed E-state index contributed by atoms with van der Waals surface area (Å²) in [6.45, 7) is 8.60. The minimum Gasteiger partial charge on any atom is -0.352 e. The van der Waals surface area contributed by atoms with E-state index in [0.717, 1.165) is 49.4 Å². The predicted molar refractivity (Wildman–Crippen MR) is 103 cm³/mol. The fraction of sp³-hybridized carbons (Fsp3) is 0.476. The first kappa shape index (κ1) is 18.5. The topological polar surface area (TPSA) is 58.1 Å². The van der Waals surface area contributed by atoms with Crippen LogP contribution in [0.2, 0.25) is 0 Å². The third kappa shape index (κ3) is 4.67. The lowest BCUT2D eigenvalue weighted by Gasteiger charge is -2.18. The average Bonchev–Trinajstić information content (AvgIpc) is 2.96. The van der Waals surface area contributed by atoms with Crippen LogP contribution in [0.25, 0.3) is 11.4 Å². The van der Waals surface area contributed by atoms with Gasteiger partial charge in [-0.15, -0.1) is 0 Å². The van der Waals surface area contributed by atoms with E-state index in [2.05, 4.69) is 46.2 Å². The number of hydrogen-bond acceptors (Lipinski definition) is 4. The molecule has 1 aromatic heterocycles. The van der Waals surface area contributed by atoms with E-state index in [1.54, 1.807) is 6.92 Å². The van der Waals surface area contributed by atoms with Crippen molar-refractivity contribution in [1.29, 1.82) is 0 Å². The van der Waals surface area contributed by atoms with Gasteiger partial charge in [0.15, 0.2) is 5.82 Å². The fourth-order valence-corrected chi connectivity index (χ4v) is 3.81. The number of likely N-dealkylation sites (tertiary alicyclic amines) is 1. The van der Waals surface area contributed by atoms with Crippen LogP contribution in [0.4, 0.5) is 0 Å². The summed E-state index contributed by atoms with van der Waals surface area (Å²) >= 11 is 0. The largest absolute Gasteiger partial charge is 0.352 e. The first-order chi connectivity index (χ1) is 12.5. The van der Waals surface area contributed by atoms with Crippen molar-refractivity contribution in [1.82, 2.24) is 20.2 Å². The molecule has 1 N–H and O–H groups in total. The second-order valence-electron chi connectivity index (χ2n) is 7.33. The number of aromatic nitrogens is 2. The van der Waals surface area contributed by atoms with Gasteiger partial charge in [0, 0.05) is 56.1 Å². The first-order valence-electron chi connectivity index (χ1n) is 9.42. The Morgan fingerprint density at radius 1 is 1.27 bits per heavy atom. The first-order valence-corrected chi connectivity index (χ1v) is 9.42. The molecule has 26 heavy (non-hydrogen) atoms. The molecule has 2 atom stereocenters. The Balaban J connectivity index is 1.64. The molecule has 0 spiro atoms. The van der Waals surface area contributed by atoms with Gasteiger partial charge < -0.3 is 5.32 Å². The number of nitrogens with zero attached hydrogens (tertiary/aromatic N) is 3. The van der Waals surface area contributed by atoms with Crippen LogP contribution in [-0.2, 0) is 11.3 Å². The van der Waals surface area contributed by atoms with E-state index in [4.69, 9.17) is 0 Å². The number of hydrogen-bond donors (Lipinski definition) is 1. The Morgan fingerprint density at radius 2 is 2.04 bits per heavy atom. The number of benzene rings is 1. The Labute approximate surface area is 155 Å². The quantitative estimate of drug-likeness (QED) is 0.867. The van der Waals surface area contributed by atoms with Crippen molar-refractivity contribution < 1.29 is 4.79 Å². The summed E-state index contributed by atoms with van der Waals surface area (Å²) in [6.07, 6.45) is 6.13. The van der Waals surface area contributed by atoms with Gasteiger partial charge >= 0.3 is 0 Å². The number of rotatable bonds is 6. The molecule has 2 heterocycles. The molecule has 5 heteroatoms. The highest BCUT2D eigenvalue weighted by atomic mass is 16.1. The number of amides is 1. The summed E-state index contributed by atoms with van der Waals surface area (Å²) in [4.78, 5) is 23.0. The Bertz CT molecular complexity index is 744. The van der Waals surface area contributed by atoms with E-state index >= 15 is 0 Å². The van der Waals surface area contributed by atoms with Gasteiger partial charge in [-0.05, 0) is 25.3 Å². The minimum absolute atomic E-state index is 0.0591. The molecule has 0 unspecified atom stereocenters. The maximum Gasteiger partial charge on any atom is 0.217 e. The van der Waals surface area contributed by atoms with Gasteiger partial charge in [-0.3, -0.25) is 9.69 Å². The smallest absolute Gasteiger partial charge is 0.217 e. The molecular formula is C21H28N4O. The Morgan fingerprint density at radius 3 is 2.69 bits per heavy atom. The molecule has 1 saturated heterocycles. The molecule has 0 bridgehead atoms. The van der Waals surface area contributed by atoms with Gasteiger partial charge in [-0.25, -0.2) is 9.97 Å². The van der Waals surface area contributed by atoms with Gasteiger partial charge in [0.1, 0.15) is 0 Å². The van der Waals surface area contributed by atoms with Crippen LogP contribution < -0.4 is 5.32 Å². The molecule has 2 aromatic rings. The molecule has 3 rings (SSSR count). The second-order valence-corrected chi connectivity index (χ2v) is 7.33. The molecule has 5 nitrogen and oxygen atoms in total. The van der Waals surface area contributed by atoms with Crippen LogP contribution in [0.5, 0.6) is 0 Å². The molecule has 1 aliphatic rings. The van der Waals surface area contributed by atoms with Crippen molar-refractivity contribution in [2.45, 2.75) is 46.2 Å². The summed E-state index contributed by atoms with van der Waals surface area (Å²) in [5.74, 6) is 1.35. The zero-order valence-electron chi connectivity index (χ0n) is 15.9. The maximum atomic E-state index is 11.5. The second kappa shape index (κ2) is 8.41. The summed E-state index contributed by atoms with van der Waals surface area (Å²) in [6, 6.07) is 8.49. The van der Waals surface area contributed by atoms with Crippen molar-refractivity contribution in [2.75, 3.05) is 13.1 Å². The molecule has 1 fully saturated rings. The van der Waals surface area contributed by atoms with E-state index in [1.807, 2.05) is 24.5 Å². The van der Waals surface area contributed by atoms with Crippen LogP contribution in [0.1, 0.15) is 37.8 Å². The van der Waals surface area contributed by atoms with Gasteiger partial charge in [-0.1, -0.05) is 37.1 Å². The molecule has 1 amide bonds. The number of carbonyl (C=O) groups is 1. The standard InChI is InChI=1S/C21H28N4O/c1-4-6-19-13-25(14-20(19)24-16(3)26)12-17-10-22-21(23-11-17)18-8-5-7-15(2)9-18/h5,7-11,19-20H,4,6,12-14H2,1-3H3,(H,24,26)/t19-,20-/m1/s1. The summed E-state index contributed by atoms with van der Waals surface area (Å²) in [5.41, 5.74) is 3.37. The third-order valence-corrected chi connectivity index (χ3v) is 4.95. The van der Waals surface area contributed by atoms with Crippen molar-refractivity contribution in [3.8, 4) is 11.4 Å². The van der Waals surface area contributed by atoms with Crippen LogP contribution >= 0.6 is 0 Å². The van der Waals surface area contributed by atoms with Crippen LogP contribution in [0, 0.1) is 12.8 Å². The molecule has 0 radical (unpaired) electrons. The summed E-state index contributed by atoms with van der Waals surface area (Å²) < 4.78 is 0. The number of nitrogens with one attached hydrogen (secondary N) is 1. The highest BCUT2D eigenvalue weighted by molar-refractivity contribution is 5.73. The van der Waals surface area contributed by atoms with Crippen LogP contribution in [-0.4, -0.2) is 39.9 Å². The summed E-state index contributed by atoms with van der Waals surface area (Å²) in [5, 5.41) is 3.12. The molecule has 1 aliphatic heterocycles. The van der Waals surface area contributed by atoms with Gasteiger partial charge in [0.2, 0.25) is 5.91 Å². The van der Waals surface area contributed by atoms with Gasteiger partial charge in [0.05, 0.1) is 0 Å². The predicted octanol–water partition coefficient (Wildman–Crippen LogP) is 3.19. The third-order valence-electron chi connectivity index (χ3n) is 4.95. The van der Waals surface area contributed by atoms with Crippen molar-refractivity contribution in [3.05, 3.63) is 47.8 Å². The number of carbonyl (C=O) groups excluding carboxylic acids is 1. The normalized spacial score (nSPS) is 20.3. The minimum atomic E-state index is 0.0591. The molecule has 0 saturated carbocycles.